The van der Waals surface area contributed by atoms with Crippen LogP contribution in [-0.4, -0.2) is 36.2 Å². The highest BCUT2D eigenvalue weighted by molar-refractivity contribution is 5.78. The molecule has 2 aromatic rings. The van der Waals surface area contributed by atoms with E-state index < -0.39 is 0 Å². The molecule has 0 radical (unpaired) electrons. The van der Waals surface area contributed by atoms with E-state index in [-0.39, 0.29) is 0 Å². The second kappa shape index (κ2) is 6.21. The van der Waals surface area contributed by atoms with Gasteiger partial charge in [-0.3, -0.25) is 9.88 Å². The summed E-state index contributed by atoms with van der Waals surface area (Å²) in [6, 6.07) is 10.9. The fraction of sp³-hybridized carbons (Fsp3) is 0.550. The minimum absolute atomic E-state index is 0.408. The number of likely N-dealkylation sites (tertiary alicyclic amines) is 1. The van der Waals surface area contributed by atoms with Crippen molar-refractivity contribution in [3.8, 4) is 0 Å². The van der Waals surface area contributed by atoms with Crippen LogP contribution in [0.15, 0.2) is 36.5 Å². The van der Waals surface area contributed by atoms with Gasteiger partial charge >= 0.3 is 0 Å². The quantitative estimate of drug-likeness (QED) is 0.856. The molecule has 23 heavy (non-hydrogen) atoms. The van der Waals surface area contributed by atoms with Crippen LogP contribution < -0.4 is 0 Å². The summed E-state index contributed by atoms with van der Waals surface area (Å²) in [6.07, 6.45) is 8.87. The molecule has 2 atom stereocenters. The van der Waals surface area contributed by atoms with Crippen LogP contribution in [0.3, 0.4) is 0 Å². The Labute approximate surface area is 138 Å². The van der Waals surface area contributed by atoms with Crippen LogP contribution in [0.2, 0.25) is 0 Å². The lowest BCUT2D eigenvalue weighted by Gasteiger charge is -2.43. The number of piperidine rings is 1. The van der Waals surface area contributed by atoms with Gasteiger partial charge in [0.25, 0.3) is 0 Å². The Kier molecular flexibility index (Phi) is 4.08. The summed E-state index contributed by atoms with van der Waals surface area (Å²) in [5.74, 6) is 0. The second-order valence-corrected chi connectivity index (χ2v) is 7.32. The average Bonchev–Trinajstić information content (AvgIpc) is 2.96. The van der Waals surface area contributed by atoms with Gasteiger partial charge in [-0.25, -0.2) is 0 Å². The molecule has 3 nitrogen and oxygen atoms in total. The molecule has 2 aliphatic rings. The van der Waals surface area contributed by atoms with Crippen LogP contribution in [-0.2, 0) is 11.3 Å². The number of aromatic nitrogens is 1. The van der Waals surface area contributed by atoms with E-state index in [2.05, 4.69) is 34.1 Å². The third kappa shape index (κ3) is 2.88. The van der Waals surface area contributed by atoms with Gasteiger partial charge in [-0.1, -0.05) is 18.6 Å². The SMILES string of the molecule is CO[C@@H]1CCC[C@]12CCCN(Cc1ccc3ncccc3c1)C2. The zero-order valence-corrected chi connectivity index (χ0v) is 14.0. The topological polar surface area (TPSA) is 25.4 Å². The summed E-state index contributed by atoms with van der Waals surface area (Å²) >= 11 is 0. The molecule has 0 N–H and O–H groups in total. The molecule has 3 heteroatoms. The third-order valence-corrected chi connectivity index (χ3v) is 5.87. The molecule has 2 fully saturated rings. The molecular weight excluding hydrogens is 284 g/mol. The van der Waals surface area contributed by atoms with E-state index in [0.717, 1.165) is 12.1 Å². The van der Waals surface area contributed by atoms with Crippen LogP contribution in [0.1, 0.15) is 37.7 Å². The van der Waals surface area contributed by atoms with Crippen molar-refractivity contribution in [2.45, 2.75) is 44.8 Å². The molecule has 1 saturated carbocycles. The summed E-state index contributed by atoms with van der Waals surface area (Å²) in [4.78, 5) is 7.06. The summed E-state index contributed by atoms with van der Waals surface area (Å²) in [5, 5.41) is 1.24. The third-order valence-electron chi connectivity index (χ3n) is 5.87. The summed E-state index contributed by atoms with van der Waals surface area (Å²) < 4.78 is 5.83. The van der Waals surface area contributed by atoms with E-state index in [0.29, 0.717) is 11.5 Å². The second-order valence-electron chi connectivity index (χ2n) is 7.32. The van der Waals surface area contributed by atoms with Gasteiger partial charge in [0.15, 0.2) is 0 Å². The smallest absolute Gasteiger partial charge is 0.0702 e. The predicted octanol–water partition coefficient (Wildman–Crippen LogP) is 4.02. The maximum atomic E-state index is 5.83. The Morgan fingerprint density at radius 2 is 2.17 bits per heavy atom. The van der Waals surface area contributed by atoms with Gasteiger partial charge in [-0.2, -0.15) is 0 Å². The highest BCUT2D eigenvalue weighted by Gasteiger charge is 2.45. The molecular formula is C20H26N2O. The van der Waals surface area contributed by atoms with Crippen molar-refractivity contribution >= 4 is 10.9 Å². The minimum Gasteiger partial charge on any atom is -0.381 e. The zero-order chi connectivity index (χ0) is 15.7. The van der Waals surface area contributed by atoms with Crippen molar-refractivity contribution in [1.29, 1.82) is 0 Å². The minimum atomic E-state index is 0.408. The first-order chi connectivity index (χ1) is 11.3. The molecule has 1 spiro atoms. The maximum Gasteiger partial charge on any atom is 0.0702 e. The average molecular weight is 310 g/mol. The van der Waals surface area contributed by atoms with Crippen LogP contribution >= 0.6 is 0 Å². The van der Waals surface area contributed by atoms with Gasteiger partial charge in [0.05, 0.1) is 11.6 Å². The molecule has 0 unspecified atom stereocenters. The lowest BCUT2D eigenvalue weighted by Crippen LogP contribution is -2.47. The molecule has 122 valence electrons. The number of hydrogen-bond donors (Lipinski definition) is 0. The molecule has 1 aromatic carbocycles. The molecule has 1 aromatic heterocycles. The lowest BCUT2D eigenvalue weighted by molar-refractivity contribution is -0.0366. The molecule has 1 saturated heterocycles. The fourth-order valence-electron chi connectivity index (χ4n) is 4.82. The van der Waals surface area contributed by atoms with Crippen LogP contribution in [0.5, 0.6) is 0 Å². The number of hydrogen-bond acceptors (Lipinski definition) is 3. The number of methoxy groups -OCH3 is 1. The number of fused-ring (bicyclic) bond motifs is 1. The molecule has 2 heterocycles. The van der Waals surface area contributed by atoms with Crippen molar-refractivity contribution in [1.82, 2.24) is 9.88 Å². The Morgan fingerprint density at radius 1 is 1.26 bits per heavy atom. The summed E-state index contributed by atoms with van der Waals surface area (Å²) in [6.45, 7) is 3.45. The first-order valence-corrected chi connectivity index (χ1v) is 8.88. The van der Waals surface area contributed by atoms with Gasteiger partial charge in [0, 0.05) is 37.2 Å². The molecule has 1 aliphatic carbocycles. The van der Waals surface area contributed by atoms with E-state index in [1.807, 2.05) is 19.4 Å². The van der Waals surface area contributed by atoms with E-state index in [1.54, 1.807) is 0 Å². The highest BCUT2D eigenvalue weighted by Crippen LogP contribution is 2.46. The standard InChI is InChI=1S/C20H26N2O/c1-23-19-6-2-9-20(19)10-4-12-22(15-20)14-16-7-8-18-17(13-16)5-3-11-21-18/h3,5,7-8,11,13,19H,2,4,6,9-10,12,14-15H2,1H3/t19-,20-/m1/s1. The Hall–Kier alpha value is -1.45. The first-order valence-electron chi connectivity index (χ1n) is 8.88. The fourth-order valence-corrected chi connectivity index (χ4v) is 4.82. The predicted molar refractivity (Wildman–Crippen MR) is 93.3 cm³/mol. The van der Waals surface area contributed by atoms with Crippen molar-refractivity contribution in [3.05, 3.63) is 42.1 Å². The van der Waals surface area contributed by atoms with E-state index in [4.69, 9.17) is 4.74 Å². The Balaban J connectivity index is 1.51. The monoisotopic (exact) mass is 310 g/mol. The highest BCUT2D eigenvalue weighted by atomic mass is 16.5. The van der Waals surface area contributed by atoms with Crippen molar-refractivity contribution in [2.24, 2.45) is 5.41 Å². The number of ether oxygens (including phenoxy) is 1. The van der Waals surface area contributed by atoms with Crippen LogP contribution in [0, 0.1) is 5.41 Å². The molecule has 0 amide bonds. The van der Waals surface area contributed by atoms with Crippen molar-refractivity contribution in [2.75, 3.05) is 20.2 Å². The van der Waals surface area contributed by atoms with Gasteiger partial charge in [0.2, 0.25) is 0 Å². The summed E-state index contributed by atoms with van der Waals surface area (Å²) in [5.41, 5.74) is 2.89. The van der Waals surface area contributed by atoms with Gasteiger partial charge < -0.3 is 4.74 Å². The normalized spacial score (nSPS) is 28.7. The van der Waals surface area contributed by atoms with Gasteiger partial charge in [-0.15, -0.1) is 0 Å². The van der Waals surface area contributed by atoms with Gasteiger partial charge in [-0.05, 0) is 56.0 Å². The van der Waals surface area contributed by atoms with E-state index in [9.17, 15) is 0 Å². The zero-order valence-electron chi connectivity index (χ0n) is 14.0. The number of benzene rings is 1. The number of pyridine rings is 1. The van der Waals surface area contributed by atoms with Crippen molar-refractivity contribution in [3.63, 3.8) is 0 Å². The Morgan fingerprint density at radius 3 is 3.09 bits per heavy atom. The van der Waals surface area contributed by atoms with Crippen LogP contribution in [0.25, 0.3) is 10.9 Å². The van der Waals surface area contributed by atoms with Gasteiger partial charge in [0.1, 0.15) is 0 Å². The molecule has 4 rings (SSSR count). The largest absolute Gasteiger partial charge is 0.381 e. The van der Waals surface area contributed by atoms with E-state index in [1.165, 1.54) is 56.1 Å². The molecule has 0 bridgehead atoms. The molecule has 1 aliphatic heterocycles. The number of rotatable bonds is 3. The maximum absolute atomic E-state index is 5.83. The van der Waals surface area contributed by atoms with Crippen LogP contribution in [0.4, 0.5) is 0 Å². The number of nitrogens with zero attached hydrogens (tertiary/aromatic N) is 2. The Bertz CT molecular complexity index is 686. The lowest BCUT2D eigenvalue weighted by atomic mass is 9.76. The first kappa shape index (κ1) is 15.1. The van der Waals surface area contributed by atoms with Crippen molar-refractivity contribution < 1.29 is 4.74 Å². The van der Waals surface area contributed by atoms with E-state index >= 15 is 0 Å². The summed E-state index contributed by atoms with van der Waals surface area (Å²) in [7, 11) is 1.90.